The van der Waals surface area contributed by atoms with E-state index in [1.54, 1.807) is 68.4 Å². The van der Waals surface area contributed by atoms with E-state index >= 15 is 0 Å². The van der Waals surface area contributed by atoms with E-state index in [4.69, 9.17) is 4.74 Å². The Morgan fingerprint density at radius 1 is 1.00 bits per heavy atom. The van der Waals surface area contributed by atoms with Gasteiger partial charge in [0, 0.05) is 12.2 Å². The van der Waals surface area contributed by atoms with Gasteiger partial charge >= 0.3 is 0 Å². The minimum absolute atomic E-state index is 0.217. The normalized spacial score (nSPS) is 11.1. The molecule has 0 bridgehead atoms. The van der Waals surface area contributed by atoms with Crippen molar-refractivity contribution in [2.45, 2.75) is 25.7 Å². The molecule has 0 spiro atoms. The molecule has 0 aliphatic heterocycles. The van der Waals surface area contributed by atoms with Gasteiger partial charge in [0.2, 0.25) is 0 Å². The van der Waals surface area contributed by atoms with Crippen LogP contribution in [0.5, 0.6) is 5.75 Å². The van der Waals surface area contributed by atoms with Gasteiger partial charge in [0.25, 0.3) is 15.9 Å². The zero-order valence-electron chi connectivity index (χ0n) is 18.1. The number of amides is 1. The number of ether oxygens (including phenoxy) is 1. The van der Waals surface area contributed by atoms with Gasteiger partial charge < -0.3 is 10.1 Å². The monoisotopic (exact) mass is 456 g/mol. The van der Waals surface area contributed by atoms with Crippen molar-refractivity contribution in [3.05, 3.63) is 83.7 Å². The van der Waals surface area contributed by atoms with Crippen molar-refractivity contribution in [1.82, 2.24) is 0 Å². The zero-order valence-corrected chi connectivity index (χ0v) is 18.9. The lowest BCUT2D eigenvalue weighted by atomic mass is 10.2. The maximum atomic E-state index is 13.4. The quantitative estimate of drug-likeness (QED) is 0.534. The fourth-order valence-electron chi connectivity index (χ4n) is 3.10. The summed E-state index contributed by atoms with van der Waals surface area (Å²) in [5.41, 5.74) is 2.58. The largest absolute Gasteiger partial charge is 0.484 e. The number of aryl methyl sites for hydroxylation is 2. The Hall–Kier alpha value is -3.39. The molecule has 0 saturated heterocycles. The Morgan fingerprint density at radius 3 is 2.28 bits per heavy atom. The van der Waals surface area contributed by atoms with E-state index in [-0.39, 0.29) is 18.0 Å². The number of rotatable bonds is 8. The van der Waals surface area contributed by atoms with E-state index in [0.717, 1.165) is 11.1 Å². The minimum Gasteiger partial charge on any atom is -0.484 e. The zero-order chi connectivity index (χ0) is 23.3. The molecule has 168 valence electrons. The molecule has 0 fully saturated rings. The van der Waals surface area contributed by atoms with Crippen molar-refractivity contribution in [3.8, 4) is 5.75 Å². The van der Waals surface area contributed by atoms with Gasteiger partial charge in [-0.05, 0) is 74.9 Å². The smallest absolute Gasteiger partial charge is 0.264 e. The van der Waals surface area contributed by atoms with E-state index in [1.807, 2.05) is 6.92 Å². The molecule has 0 saturated carbocycles. The van der Waals surface area contributed by atoms with Crippen LogP contribution >= 0.6 is 0 Å². The second kappa shape index (κ2) is 9.82. The summed E-state index contributed by atoms with van der Waals surface area (Å²) >= 11 is 0. The highest BCUT2D eigenvalue weighted by atomic mass is 32.2. The lowest BCUT2D eigenvalue weighted by Gasteiger charge is -2.23. The predicted molar refractivity (Wildman–Crippen MR) is 123 cm³/mol. The topological polar surface area (TPSA) is 75.7 Å². The van der Waals surface area contributed by atoms with Crippen LogP contribution in [0.25, 0.3) is 0 Å². The van der Waals surface area contributed by atoms with E-state index in [1.165, 1.54) is 16.4 Å². The number of carbonyl (C=O) groups excluding carboxylic acids is 1. The summed E-state index contributed by atoms with van der Waals surface area (Å²) in [5, 5.41) is 2.61. The molecule has 3 rings (SSSR count). The van der Waals surface area contributed by atoms with Crippen molar-refractivity contribution in [1.29, 1.82) is 0 Å². The Labute approximate surface area is 187 Å². The third-order valence-corrected chi connectivity index (χ3v) is 6.78. The standard InChI is InChI=1S/C24H25FN2O4S/c1-4-27(32(29,30)22-13-5-17(2)6-14-22)20-9-11-21(12-10-20)31-16-24(28)26-23-15-19(25)8-7-18(23)3/h5-15H,4,16H2,1-3H3,(H,26,28). The number of nitrogens with zero attached hydrogens (tertiary/aromatic N) is 1. The van der Waals surface area contributed by atoms with Crippen LogP contribution in [0.1, 0.15) is 18.1 Å². The number of halogens is 1. The summed E-state index contributed by atoms with van der Waals surface area (Å²) in [5.74, 6) is -0.466. The number of nitrogens with one attached hydrogen (secondary N) is 1. The van der Waals surface area contributed by atoms with Gasteiger partial charge in [-0.25, -0.2) is 12.8 Å². The van der Waals surface area contributed by atoms with Gasteiger partial charge in [-0.2, -0.15) is 0 Å². The van der Waals surface area contributed by atoms with Crippen LogP contribution < -0.4 is 14.4 Å². The number of hydrogen-bond donors (Lipinski definition) is 1. The lowest BCUT2D eigenvalue weighted by molar-refractivity contribution is -0.118. The first kappa shape index (κ1) is 23.3. The summed E-state index contributed by atoms with van der Waals surface area (Å²) in [6.45, 7) is 5.40. The molecule has 32 heavy (non-hydrogen) atoms. The SMILES string of the molecule is CCN(c1ccc(OCC(=O)Nc2cc(F)ccc2C)cc1)S(=O)(=O)c1ccc(C)cc1. The summed E-state index contributed by atoms with van der Waals surface area (Å²) in [7, 11) is -3.70. The van der Waals surface area contributed by atoms with Crippen molar-refractivity contribution in [2.24, 2.45) is 0 Å². The molecule has 3 aromatic rings. The van der Waals surface area contributed by atoms with Crippen LogP contribution in [0.3, 0.4) is 0 Å². The Kier molecular flexibility index (Phi) is 7.15. The van der Waals surface area contributed by atoms with Gasteiger partial charge in [0.05, 0.1) is 10.6 Å². The predicted octanol–water partition coefficient (Wildman–Crippen LogP) is 4.68. The van der Waals surface area contributed by atoms with E-state index < -0.39 is 21.7 Å². The first-order valence-electron chi connectivity index (χ1n) is 10.1. The first-order chi connectivity index (χ1) is 15.2. The molecule has 3 aromatic carbocycles. The molecule has 0 unspecified atom stereocenters. The molecule has 0 radical (unpaired) electrons. The van der Waals surface area contributed by atoms with Crippen LogP contribution in [-0.4, -0.2) is 27.5 Å². The highest BCUT2D eigenvalue weighted by Crippen LogP contribution is 2.26. The Balaban J connectivity index is 1.66. The van der Waals surface area contributed by atoms with Crippen LogP contribution in [0.4, 0.5) is 15.8 Å². The average Bonchev–Trinajstić information content (AvgIpc) is 2.76. The minimum atomic E-state index is -3.70. The average molecular weight is 457 g/mol. The van der Waals surface area contributed by atoms with Gasteiger partial charge in [-0.15, -0.1) is 0 Å². The highest BCUT2D eigenvalue weighted by molar-refractivity contribution is 7.92. The maximum absolute atomic E-state index is 13.4. The molecular formula is C24H25FN2O4S. The first-order valence-corrected chi connectivity index (χ1v) is 11.5. The van der Waals surface area contributed by atoms with Gasteiger partial charge in [0.15, 0.2) is 6.61 Å². The molecule has 0 heterocycles. The maximum Gasteiger partial charge on any atom is 0.264 e. The Morgan fingerprint density at radius 2 is 1.66 bits per heavy atom. The number of sulfonamides is 1. The molecule has 0 atom stereocenters. The van der Waals surface area contributed by atoms with Crippen LogP contribution in [0.15, 0.2) is 71.6 Å². The molecule has 8 heteroatoms. The van der Waals surface area contributed by atoms with E-state index in [2.05, 4.69) is 5.32 Å². The molecule has 6 nitrogen and oxygen atoms in total. The number of hydrogen-bond acceptors (Lipinski definition) is 4. The molecule has 1 amide bonds. The van der Waals surface area contributed by atoms with Gasteiger partial charge in [-0.3, -0.25) is 9.10 Å². The van der Waals surface area contributed by atoms with Crippen LogP contribution in [0, 0.1) is 19.7 Å². The van der Waals surface area contributed by atoms with E-state index in [0.29, 0.717) is 17.1 Å². The molecule has 0 aliphatic carbocycles. The Bertz CT molecular complexity index is 1190. The number of carbonyl (C=O) groups is 1. The molecule has 1 N–H and O–H groups in total. The van der Waals surface area contributed by atoms with Crippen molar-refractivity contribution >= 4 is 27.3 Å². The van der Waals surface area contributed by atoms with Gasteiger partial charge in [0.1, 0.15) is 11.6 Å². The lowest BCUT2D eigenvalue weighted by Crippen LogP contribution is -2.30. The summed E-state index contributed by atoms with van der Waals surface area (Å²) < 4.78 is 46.2. The summed E-state index contributed by atoms with van der Waals surface area (Å²) in [6.07, 6.45) is 0. The second-order valence-corrected chi connectivity index (χ2v) is 9.14. The summed E-state index contributed by atoms with van der Waals surface area (Å²) in [4.78, 5) is 12.4. The third-order valence-electron chi connectivity index (χ3n) is 4.86. The fraction of sp³-hybridized carbons (Fsp3) is 0.208. The second-order valence-electron chi connectivity index (χ2n) is 7.27. The summed E-state index contributed by atoms with van der Waals surface area (Å²) in [6, 6.07) is 17.3. The van der Waals surface area contributed by atoms with Crippen molar-refractivity contribution in [2.75, 3.05) is 22.8 Å². The van der Waals surface area contributed by atoms with Crippen molar-refractivity contribution < 1.29 is 22.3 Å². The van der Waals surface area contributed by atoms with E-state index in [9.17, 15) is 17.6 Å². The number of benzene rings is 3. The third kappa shape index (κ3) is 5.45. The molecular weight excluding hydrogens is 431 g/mol. The van der Waals surface area contributed by atoms with Crippen molar-refractivity contribution in [3.63, 3.8) is 0 Å². The highest BCUT2D eigenvalue weighted by Gasteiger charge is 2.23. The van der Waals surface area contributed by atoms with Crippen LogP contribution in [-0.2, 0) is 14.8 Å². The molecule has 0 aliphatic rings. The van der Waals surface area contributed by atoms with Gasteiger partial charge in [-0.1, -0.05) is 23.8 Å². The van der Waals surface area contributed by atoms with Crippen LogP contribution in [0.2, 0.25) is 0 Å². The molecule has 0 aromatic heterocycles. The number of anilines is 2. The fourth-order valence-corrected chi connectivity index (χ4v) is 4.58.